The number of fused-ring (bicyclic) bond motifs is 1. The molecule has 2 N–H and O–H groups in total. The van der Waals surface area contributed by atoms with Crippen molar-refractivity contribution in [1.82, 2.24) is 15.1 Å². The molecule has 1 aromatic carbocycles. The van der Waals surface area contributed by atoms with Crippen LogP contribution in [0.5, 0.6) is 0 Å². The van der Waals surface area contributed by atoms with Crippen LogP contribution in [0.3, 0.4) is 0 Å². The van der Waals surface area contributed by atoms with Gasteiger partial charge < -0.3 is 14.9 Å². The summed E-state index contributed by atoms with van der Waals surface area (Å²) in [6.07, 6.45) is 2.87. The second-order valence-electron chi connectivity index (χ2n) is 6.67. The number of anilines is 1. The number of carbonyl (C=O) groups excluding carboxylic acids is 1. The zero-order valence-electron chi connectivity index (χ0n) is 14.2. The number of nitrogens with one attached hydrogen (secondary N) is 1. The minimum atomic E-state index is -1.09. The summed E-state index contributed by atoms with van der Waals surface area (Å²) in [6.45, 7) is 2.72. The molecule has 2 aromatic rings. The lowest BCUT2D eigenvalue weighted by molar-refractivity contribution is 0.0674. The fraction of sp³-hybridized carbons (Fsp3) is 0.389. The molecule has 0 aliphatic carbocycles. The highest BCUT2D eigenvalue weighted by atomic mass is 35.5. The van der Waals surface area contributed by atoms with Gasteiger partial charge in [0.15, 0.2) is 5.69 Å². The Morgan fingerprint density at radius 1 is 1.19 bits per heavy atom. The molecular weight excluding hydrogens is 356 g/mol. The number of H-pyrrole nitrogens is 1. The molecule has 4 rings (SSSR count). The lowest BCUT2D eigenvalue weighted by Crippen LogP contribution is -2.36. The minimum absolute atomic E-state index is 0.0140. The van der Waals surface area contributed by atoms with Crippen LogP contribution in [0.4, 0.5) is 5.69 Å². The van der Waals surface area contributed by atoms with Crippen molar-refractivity contribution in [2.24, 2.45) is 0 Å². The summed E-state index contributed by atoms with van der Waals surface area (Å²) in [5.74, 6) is -1.24. The molecule has 2 aliphatic rings. The number of amides is 1. The number of aromatic carboxylic acids is 1. The van der Waals surface area contributed by atoms with Gasteiger partial charge in [0.1, 0.15) is 0 Å². The van der Waals surface area contributed by atoms with E-state index in [0.717, 1.165) is 37.3 Å². The zero-order valence-corrected chi connectivity index (χ0v) is 14.9. The van der Waals surface area contributed by atoms with Crippen LogP contribution < -0.4 is 4.90 Å². The Morgan fingerprint density at radius 2 is 1.96 bits per heavy atom. The first-order valence-electron chi connectivity index (χ1n) is 8.68. The van der Waals surface area contributed by atoms with Gasteiger partial charge in [0, 0.05) is 42.9 Å². The molecule has 8 heteroatoms. The maximum atomic E-state index is 12.9. The van der Waals surface area contributed by atoms with Crippen molar-refractivity contribution in [3.05, 3.63) is 45.7 Å². The Bertz CT molecular complexity index is 873. The quantitative estimate of drug-likeness (QED) is 0.861. The van der Waals surface area contributed by atoms with Crippen LogP contribution in [-0.4, -0.2) is 51.7 Å². The largest absolute Gasteiger partial charge is 0.476 e. The summed E-state index contributed by atoms with van der Waals surface area (Å²) in [5.41, 5.74) is 2.83. The average molecular weight is 375 g/mol. The second kappa shape index (κ2) is 6.64. The first-order valence-corrected chi connectivity index (χ1v) is 9.05. The van der Waals surface area contributed by atoms with Crippen LogP contribution in [0.1, 0.15) is 44.9 Å². The van der Waals surface area contributed by atoms with Gasteiger partial charge in [0.2, 0.25) is 0 Å². The number of benzene rings is 1. The molecule has 0 saturated carbocycles. The number of hydrogen-bond acceptors (Lipinski definition) is 4. The molecule has 1 amide bonds. The van der Waals surface area contributed by atoms with Crippen LogP contribution in [0.2, 0.25) is 5.02 Å². The highest BCUT2D eigenvalue weighted by Crippen LogP contribution is 2.30. The molecular formula is C18H19ClN4O3. The van der Waals surface area contributed by atoms with E-state index in [9.17, 15) is 14.7 Å². The minimum Gasteiger partial charge on any atom is -0.476 e. The van der Waals surface area contributed by atoms with Crippen LogP contribution >= 0.6 is 11.6 Å². The van der Waals surface area contributed by atoms with E-state index in [2.05, 4.69) is 15.1 Å². The molecule has 0 unspecified atom stereocenters. The van der Waals surface area contributed by atoms with Gasteiger partial charge in [-0.2, -0.15) is 5.10 Å². The van der Waals surface area contributed by atoms with Gasteiger partial charge in [0.05, 0.1) is 17.3 Å². The Labute approximate surface area is 155 Å². The smallest absolute Gasteiger partial charge is 0.356 e. The maximum absolute atomic E-state index is 12.9. The molecule has 1 fully saturated rings. The van der Waals surface area contributed by atoms with Gasteiger partial charge >= 0.3 is 5.97 Å². The average Bonchev–Trinajstić information content (AvgIpc) is 3.30. The molecule has 26 heavy (non-hydrogen) atoms. The number of rotatable bonds is 3. The van der Waals surface area contributed by atoms with E-state index in [1.54, 1.807) is 17.0 Å². The molecule has 1 aromatic heterocycles. The van der Waals surface area contributed by atoms with Crippen molar-refractivity contribution in [3.8, 4) is 0 Å². The fourth-order valence-corrected chi connectivity index (χ4v) is 3.98. The molecule has 2 aliphatic heterocycles. The topological polar surface area (TPSA) is 89.5 Å². The number of nitrogens with zero attached hydrogens (tertiary/aromatic N) is 3. The number of aromatic amines is 1. The summed E-state index contributed by atoms with van der Waals surface area (Å²) in [7, 11) is 0. The van der Waals surface area contributed by atoms with Crippen molar-refractivity contribution in [2.75, 3.05) is 24.5 Å². The molecule has 7 nitrogen and oxygen atoms in total. The first kappa shape index (κ1) is 16.9. The van der Waals surface area contributed by atoms with Crippen molar-refractivity contribution >= 4 is 29.2 Å². The molecule has 3 heterocycles. The summed E-state index contributed by atoms with van der Waals surface area (Å²) in [4.78, 5) is 28.0. The van der Waals surface area contributed by atoms with Crippen molar-refractivity contribution in [2.45, 2.75) is 25.8 Å². The van der Waals surface area contributed by atoms with Gasteiger partial charge in [-0.1, -0.05) is 11.6 Å². The van der Waals surface area contributed by atoms with Gasteiger partial charge in [-0.15, -0.1) is 0 Å². The summed E-state index contributed by atoms with van der Waals surface area (Å²) in [6, 6.07) is 5.40. The van der Waals surface area contributed by atoms with Gasteiger partial charge in [-0.05, 0) is 31.0 Å². The SMILES string of the molecule is O=C(O)c1n[nH]c2c1CN(C(=O)c1ccc(N3CCCC3)c(Cl)c1)CC2. The summed E-state index contributed by atoms with van der Waals surface area (Å²) < 4.78 is 0. The predicted octanol–water partition coefficient (Wildman–Crippen LogP) is 2.56. The monoisotopic (exact) mass is 374 g/mol. The Hall–Kier alpha value is -2.54. The molecule has 1 saturated heterocycles. The van der Waals surface area contributed by atoms with Gasteiger partial charge in [0.25, 0.3) is 5.91 Å². The molecule has 0 spiro atoms. The lowest BCUT2D eigenvalue weighted by atomic mass is 10.0. The van der Waals surface area contributed by atoms with Gasteiger partial charge in [-0.3, -0.25) is 9.89 Å². The first-order chi connectivity index (χ1) is 12.5. The fourth-order valence-electron chi connectivity index (χ4n) is 3.68. The van der Waals surface area contributed by atoms with E-state index < -0.39 is 5.97 Å². The number of carboxylic acid groups (broad SMARTS) is 1. The van der Waals surface area contributed by atoms with Crippen LogP contribution in [0, 0.1) is 0 Å². The van der Waals surface area contributed by atoms with E-state index in [1.165, 1.54) is 0 Å². The molecule has 0 bridgehead atoms. The van der Waals surface area contributed by atoms with Crippen LogP contribution in [-0.2, 0) is 13.0 Å². The summed E-state index contributed by atoms with van der Waals surface area (Å²) in [5, 5.41) is 16.4. The van der Waals surface area contributed by atoms with Crippen LogP contribution in [0.25, 0.3) is 0 Å². The number of carbonyl (C=O) groups is 2. The normalized spacial score (nSPS) is 16.7. The maximum Gasteiger partial charge on any atom is 0.356 e. The third-order valence-electron chi connectivity index (χ3n) is 5.06. The molecule has 0 radical (unpaired) electrons. The van der Waals surface area contributed by atoms with Crippen LogP contribution in [0.15, 0.2) is 18.2 Å². The Balaban J connectivity index is 1.55. The van der Waals surface area contributed by atoms with E-state index in [0.29, 0.717) is 29.1 Å². The third-order valence-corrected chi connectivity index (χ3v) is 5.37. The summed E-state index contributed by atoms with van der Waals surface area (Å²) >= 11 is 6.42. The van der Waals surface area contributed by atoms with Gasteiger partial charge in [-0.25, -0.2) is 4.79 Å². The number of halogens is 1. The Kier molecular flexibility index (Phi) is 4.32. The molecule has 136 valence electrons. The standard InChI is InChI=1S/C18H19ClN4O3/c19-13-9-11(3-4-15(13)22-6-1-2-7-22)17(24)23-8-5-14-12(10-23)16(18(25)26)21-20-14/h3-4,9H,1-2,5-8,10H2,(H,20,21)(H,25,26). The van der Waals surface area contributed by atoms with E-state index in [4.69, 9.17) is 11.6 Å². The number of carboxylic acids is 1. The van der Waals surface area contributed by atoms with Crippen molar-refractivity contribution < 1.29 is 14.7 Å². The predicted molar refractivity (Wildman–Crippen MR) is 96.9 cm³/mol. The number of aromatic nitrogens is 2. The van der Waals surface area contributed by atoms with E-state index >= 15 is 0 Å². The lowest BCUT2D eigenvalue weighted by Gasteiger charge is -2.27. The van der Waals surface area contributed by atoms with E-state index in [-0.39, 0.29) is 18.1 Å². The highest BCUT2D eigenvalue weighted by molar-refractivity contribution is 6.33. The van der Waals surface area contributed by atoms with E-state index in [1.807, 2.05) is 6.07 Å². The van der Waals surface area contributed by atoms with Crippen molar-refractivity contribution in [1.29, 1.82) is 0 Å². The molecule has 0 atom stereocenters. The zero-order chi connectivity index (χ0) is 18.3. The van der Waals surface area contributed by atoms with Crippen molar-refractivity contribution in [3.63, 3.8) is 0 Å². The third kappa shape index (κ3) is 2.92. The Morgan fingerprint density at radius 3 is 2.65 bits per heavy atom. The second-order valence-corrected chi connectivity index (χ2v) is 7.08. The highest BCUT2D eigenvalue weighted by Gasteiger charge is 2.28. The number of hydrogen-bond donors (Lipinski definition) is 2.